The molecule has 2 atom stereocenters. The number of methoxy groups -OCH3 is 1. The molecule has 2 rings (SSSR count). The van der Waals surface area contributed by atoms with Gasteiger partial charge in [0.2, 0.25) is 0 Å². The average molecular weight is 262 g/mol. The normalized spacial score (nSPS) is 26.1. The maximum absolute atomic E-state index is 11.7. The molecule has 1 aromatic rings. The minimum absolute atomic E-state index is 0.324. The largest absolute Gasteiger partial charge is 0.465 e. The first-order valence-electron chi connectivity index (χ1n) is 6.82. The number of carbonyl (C=O) groups is 1. The van der Waals surface area contributed by atoms with Gasteiger partial charge in [-0.15, -0.1) is 0 Å². The lowest BCUT2D eigenvalue weighted by molar-refractivity contribution is 0.0317. The zero-order valence-corrected chi connectivity index (χ0v) is 12.1. The van der Waals surface area contributed by atoms with E-state index >= 15 is 0 Å². The van der Waals surface area contributed by atoms with Crippen molar-refractivity contribution in [1.29, 1.82) is 0 Å². The fraction of sp³-hybridized carbons (Fsp3) is 0.562. The Morgan fingerprint density at radius 3 is 2.74 bits per heavy atom. The lowest BCUT2D eigenvalue weighted by atomic mass is 9.70. The molecule has 0 radical (unpaired) electrons. The number of ether oxygens (including phenoxy) is 1. The molecule has 2 unspecified atom stereocenters. The van der Waals surface area contributed by atoms with E-state index in [1.165, 1.54) is 7.11 Å². The van der Waals surface area contributed by atoms with Crippen LogP contribution >= 0.6 is 0 Å². The number of aliphatic hydroxyl groups is 1. The van der Waals surface area contributed by atoms with Crippen molar-refractivity contribution in [3.8, 4) is 0 Å². The van der Waals surface area contributed by atoms with E-state index in [0.717, 1.165) is 24.0 Å². The number of fused-ring (bicyclic) bond motifs is 1. The summed E-state index contributed by atoms with van der Waals surface area (Å²) in [4.78, 5) is 11.7. The van der Waals surface area contributed by atoms with Crippen LogP contribution in [-0.4, -0.2) is 18.2 Å². The van der Waals surface area contributed by atoms with Gasteiger partial charge in [0.25, 0.3) is 0 Å². The molecule has 0 spiro atoms. The quantitative estimate of drug-likeness (QED) is 0.832. The second-order valence-electron chi connectivity index (χ2n) is 5.96. The van der Waals surface area contributed by atoms with E-state index < -0.39 is 5.60 Å². The van der Waals surface area contributed by atoms with E-state index in [-0.39, 0.29) is 5.97 Å². The highest BCUT2D eigenvalue weighted by Crippen LogP contribution is 2.44. The Balaban J connectivity index is 2.53. The van der Waals surface area contributed by atoms with Gasteiger partial charge >= 0.3 is 5.97 Å². The van der Waals surface area contributed by atoms with Crippen molar-refractivity contribution in [3.63, 3.8) is 0 Å². The first-order valence-corrected chi connectivity index (χ1v) is 6.82. The molecule has 3 heteroatoms. The van der Waals surface area contributed by atoms with Crippen LogP contribution < -0.4 is 0 Å². The molecule has 0 bridgehead atoms. The molecule has 1 aromatic carbocycles. The lowest BCUT2D eigenvalue weighted by Gasteiger charge is -2.37. The molecule has 0 heterocycles. The van der Waals surface area contributed by atoms with Gasteiger partial charge in [0.15, 0.2) is 0 Å². The van der Waals surface area contributed by atoms with Crippen LogP contribution in [0.4, 0.5) is 0 Å². The minimum Gasteiger partial charge on any atom is -0.465 e. The molecule has 0 fully saturated rings. The average Bonchev–Trinajstić information content (AvgIpc) is 2.36. The molecular formula is C16H22O3. The van der Waals surface area contributed by atoms with Gasteiger partial charge in [-0.3, -0.25) is 0 Å². The van der Waals surface area contributed by atoms with E-state index in [1.54, 1.807) is 6.07 Å². The molecule has 0 amide bonds. The van der Waals surface area contributed by atoms with Crippen LogP contribution in [0.5, 0.6) is 0 Å². The third-order valence-electron chi connectivity index (χ3n) is 4.20. The van der Waals surface area contributed by atoms with Crippen molar-refractivity contribution in [1.82, 2.24) is 0 Å². The Morgan fingerprint density at radius 1 is 1.47 bits per heavy atom. The van der Waals surface area contributed by atoms with E-state index in [1.807, 2.05) is 19.1 Å². The second kappa shape index (κ2) is 4.97. The summed E-state index contributed by atoms with van der Waals surface area (Å²) in [6, 6.07) is 5.50. The number of carbonyl (C=O) groups excluding carboxylic acids is 1. The van der Waals surface area contributed by atoms with Crippen molar-refractivity contribution >= 4 is 5.97 Å². The molecule has 104 valence electrons. The monoisotopic (exact) mass is 262 g/mol. The van der Waals surface area contributed by atoms with E-state index in [0.29, 0.717) is 17.4 Å². The molecular weight excluding hydrogens is 240 g/mol. The zero-order chi connectivity index (χ0) is 14.2. The van der Waals surface area contributed by atoms with E-state index in [2.05, 4.69) is 13.8 Å². The molecule has 0 aromatic heterocycles. The summed E-state index contributed by atoms with van der Waals surface area (Å²) in [6.45, 7) is 6.21. The summed E-state index contributed by atoms with van der Waals surface area (Å²) in [5.41, 5.74) is 1.80. The number of rotatable bonds is 2. The maximum Gasteiger partial charge on any atom is 0.337 e. The van der Waals surface area contributed by atoms with Crippen molar-refractivity contribution in [3.05, 3.63) is 34.9 Å². The Kier molecular flexibility index (Phi) is 3.68. The van der Waals surface area contributed by atoms with Gasteiger partial charge in [0.05, 0.1) is 18.3 Å². The zero-order valence-electron chi connectivity index (χ0n) is 12.1. The number of benzene rings is 1. The maximum atomic E-state index is 11.7. The number of esters is 1. The first-order chi connectivity index (χ1) is 8.86. The highest BCUT2D eigenvalue weighted by Gasteiger charge is 2.35. The number of hydrogen-bond acceptors (Lipinski definition) is 3. The summed E-state index contributed by atoms with van der Waals surface area (Å²) >= 11 is 0. The summed E-state index contributed by atoms with van der Waals surface area (Å²) in [5, 5.41) is 10.5. The van der Waals surface area contributed by atoms with Gasteiger partial charge in [-0.1, -0.05) is 19.9 Å². The fourth-order valence-corrected chi connectivity index (χ4v) is 3.02. The van der Waals surface area contributed by atoms with Gasteiger partial charge in [-0.05, 0) is 54.9 Å². The fourth-order valence-electron chi connectivity index (χ4n) is 3.02. The van der Waals surface area contributed by atoms with Gasteiger partial charge in [-0.2, -0.15) is 0 Å². The summed E-state index contributed by atoms with van der Waals surface area (Å²) < 4.78 is 4.77. The predicted molar refractivity (Wildman–Crippen MR) is 74.2 cm³/mol. The topological polar surface area (TPSA) is 46.5 Å². The number of hydrogen-bond donors (Lipinski definition) is 1. The van der Waals surface area contributed by atoms with Gasteiger partial charge in [0.1, 0.15) is 0 Å². The van der Waals surface area contributed by atoms with Crippen molar-refractivity contribution in [2.45, 2.75) is 45.1 Å². The highest BCUT2D eigenvalue weighted by molar-refractivity contribution is 5.89. The van der Waals surface area contributed by atoms with Crippen molar-refractivity contribution < 1.29 is 14.6 Å². The van der Waals surface area contributed by atoms with Crippen LogP contribution in [0.3, 0.4) is 0 Å². The minimum atomic E-state index is -0.796. The molecule has 1 aliphatic carbocycles. The first kappa shape index (κ1) is 14.1. The Bertz CT molecular complexity index is 489. The Hall–Kier alpha value is -1.35. The van der Waals surface area contributed by atoms with E-state index in [9.17, 15) is 9.90 Å². The summed E-state index contributed by atoms with van der Waals surface area (Å²) in [6.07, 6.45) is 1.71. The SMILES string of the molecule is COC(=O)c1ccc2c(c1)C(C(C)C)CCC2(C)O. The smallest absolute Gasteiger partial charge is 0.337 e. The van der Waals surface area contributed by atoms with Gasteiger partial charge in [-0.25, -0.2) is 4.79 Å². The molecule has 1 aliphatic rings. The van der Waals surface area contributed by atoms with Crippen molar-refractivity contribution in [2.75, 3.05) is 7.11 Å². The Labute approximate surface area is 114 Å². The summed E-state index contributed by atoms with van der Waals surface area (Å²) in [7, 11) is 1.39. The molecule has 19 heavy (non-hydrogen) atoms. The van der Waals surface area contributed by atoms with Gasteiger partial charge < -0.3 is 9.84 Å². The Morgan fingerprint density at radius 2 is 2.16 bits per heavy atom. The highest BCUT2D eigenvalue weighted by atomic mass is 16.5. The van der Waals surface area contributed by atoms with Gasteiger partial charge in [0, 0.05) is 0 Å². The van der Waals surface area contributed by atoms with Crippen LogP contribution in [-0.2, 0) is 10.3 Å². The molecule has 0 aliphatic heterocycles. The third kappa shape index (κ3) is 2.52. The second-order valence-corrected chi connectivity index (χ2v) is 5.96. The van der Waals surface area contributed by atoms with Crippen LogP contribution in [0.25, 0.3) is 0 Å². The van der Waals surface area contributed by atoms with Crippen LogP contribution in [0, 0.1) is 5.92 Å². The molecule has 0 saturated heterocycles. The van der Waals surface area contributed by atoms with Crippen LogP contribution in [0.15, 0.2) is 18.2 Å². The lowest BCUT2D eigenvalue weighted by Crippen LogP contribution is -2.30. The van der Waals surface area contributed by atoms with Crippen LogP contribution in [0.1, 0.15) is 61.0 Å². The standard InChI is InChI=1S/C16H22O3/c1-10(2)12-7-8-16(3,18)14-6-5-11(9-13(12)14)15(17)19-4/h5-6,9-10,12,18H,7-8H2,1-4H3. The predicted octanol–water partition coefficient (Wildman–Crippen LogP) is 3.21. The molecule has 0 saturated carbocycles. The molecule has 1 N–H and O–H groups in total. The third-order valence-corrected chi connectivity index (χ3v) is 4.20. The summed E-state index contributed by atoms with van der Waals surface area (Å²) in [5.74, 6) is 0.554. The molecule has 3 nitrogen and oxygen atoms in total. The van der Waals surface area contributed by atoms with Crippen LogP contribution in [0.2, 0.25) is 0 Å². The van der Waals surface area contributed by atoms with E-state index in [4.69, 9.17) is 4.74 Å². The van der Waals surface area contributed by atoms with Crippen molar-refractivity contribution in [2.24, 2.45) is 5.92 Å².